The Balaban J connectivity index is 1.90. The van der Waals surface area contributed by atoms with Crippen LogP contribution in [0.4, 0.5) is 0 Å². The molecule has 3 nitrogen and oxygen atoms in total. The summed E-state index contributed by atoms with van der Waals surface area (Å²) < 4.78 is 1.07. The van der Waals surface area contributed by atoms with Crippen LogP contribution in [0.15, 0.2) is 28.7 Å². The van der Waals surface area contributed by atoms with Crippen molar-refractivity contribution in [2.24, 2.45) is 5.73 Å². The molecule has 0 radical (unpaired) electrons. The highest BCUT2D eigenvalue weighted by molar-refractivity contribution is 9.10. The molecule has 0 aliphatic heterocycles. The minimum absolute atomic E-state index is 0.0136. The fraction of sp³-hybridized carbons (Fsp3) is 0.562. The lowest BCUT2D eigenvalue weighted by molar-refractivity contribution is -0.128. The molecule has 0 bridgehead atoms. The van der Waals surface area contributed by atoms with Gasteiger partial charge in [0.2, 0.25) is 5.91 Å². The van der Waals surface area contributed by atoms with Gasteiger partial charge >= 0.3 is 0 Å². The molecule has 1 aliphatic rings. The second-order valence-corrected chi connectivity index (χ2v) is 6.84. The highest BCUT2D eigenvalue weighted by atomic mass is 79.9. The van der Waals surface area contributed by atoms with Crippen molar-refractivity contribution >= 4 is 21.8 Å². The molecule has 110 valence electrons. The fourth-order valence-corrected chi connectivity index (χ4v) is 3.29. The molecule has 1 fully saturated rings. The van der Waals surface area contributed by atoms with Crippen LogP contribution in [-0.2, 0) is 11.2 Å². The predicted molar refractivity (Wildman–Crippen MR) is 85.5 cm³/mol. The molecule has 4 heteroatoms. The zero-order valence-corrected chi connectivity index (χ0v) is 13.6. The molecule has 20 heavy (non-hydrogen) atoms. The number of carbonyl (C=O) groups excluding carboxylic acids is 1. The molecule has 1 atom stereocenters. The maximum Gasteiger partial charge on any atom is 0.240 e. The molecular weight excluding hydrogens is 316 g/mol. The smallest absolute Gasteiger partial charge is 0.240 e. The van der Waals surface area contributed by atoms with Crippen molar-refractivity contribution in [1.82, 2.24) is 5.32 Å². The quantitative estimate of drug-likeness (QED) is 0.885. The van der Waals surface area contributed by atoms with Crippen molar-refractivity contribution in [1.29, 1.82) is 0 Å². The first-order valence-corrected chi connectivity index (χ1v) is 8.13. The molecule has 0 saturated heterocycles. The number of benzene rings is 1. The Bertz CT molecular complexity index is 469. The van der Waals surface area contributed by atoms with E-state index in [0.29, 0.717) is 0 Å². The highest BCUT2D eigenvalue weighted by Gasteiger charge is 2.35. The molecule has 2 rings (SSSR count). The first-order valence-electron chi connectivity index (χ1n) is 7.34. The normalized spacial score (nSPS) is 19.4. The summed E-state index contributed by atoms with van der Waals surface area (Å²) in [5, 5.41) is 3.08. The molecule has 1 aromatic rings. The molecular formula is C16H23BrN2O. The molecule has 0 aromatic heterocycles. The Kier molecular flexibility index (Phi) is 5.22. The summed E-state index contributed by atoms with van der Waals surface area (Å²) in [7, 11) is 0. The number of carbonyl (C=O) groups is 1. The number of nitrogens with one attached hydrogen (secondary N) is 1. The molecule has 1 aromatic carbocycles. The number of halogens is 1. The van der Waals surface area contributed by atoms with E-state index in [2.05, 4.69) is 33.4 Å². The number of rotatable bonds is 4. The SMILES string of the molecule is CC(Cc1cccc(Br)c1)NC(=O)C1(N)CCCCC1. The Labute approximate surface area is 129 Å². The van der Waals surface area contributed by atoms with Crippen molar-refractivity contribution in [3.05, 3.63) is 34.3 Å². The van der Waals surface area contributed by atoms with E-state index in [-0.39, 0.29) is 11.9 Å². The van der Waals surface area contributed by atoms with Crippen LogP contribution < -0.4 is 11.1 Å². The van der Waals surface area contributed by atoms with E-state index >= 15 is 0 Å². The fourth-order valence-electron chi connectivity index (χ4n) is 2.85. The van der Waals surface area contributed by atoms with E-state index in [4.69, 9.17) is 5.73 Å². The van der Waals surface area contributed by atoms with E-state index in [9.17, 15) is 4.79 Å². The molecule has 1 saturated carbocycles. The van der Waals surface area contributed by atoms with Gasteiger partial charge in [-0.1, -0.05) is 47.3 Å². The highest BCUT2D eigenvalue weighted by Crippen LogP contribution is 2.26. The number of amides is 1. The third kappa shape index (κ3) is 4.06. The van der Waals surface area contributed by atoms with Gasteiger partial charge in [0.15, 0.2) is 0 Å². The first-order chi connectivity index (χ1) is 9.49. The summed E-state index contributed by atoms with van der Waals surface area (Å²) in [5.74, 6) is 0.0136. The maximum atomic E-state index is 12.3. The summed E-state index contributed by atoms with van der Waals surface area (Å²) >= 11 is 3.47. The Hall–Kier alpha value is -0.870. The second-order valence-electron chi connectivity index (χ2n) is 5.93. The number of nitrogens with two attached hydrogens (primary N) is 1. The lowest BCUT2D eigenvalue weighted by Crippen LogP contribution is -2.56. The van der Waals surface area contributed by atoms with Crippen LogP contribution >= 0.6 is 15.9 Å². The van der Waals surface area contributed by atoms with Gasteiger partial charge in [-0.3, -0.25) is 4.79 Å². The van der Waals surface area contributed by atoms with Gasteiger partial charge in [0.25, 0.3) is 0 Å². The Morgan fingerprint density at radius 3 is 2.75 bits per heavy atom. The van der Waals surface area contributed by atoms with Crippen LogP contribution in [0.5, 0.6) is 0 Å². The summed E-state index contributed by atoms with van der Waals surface area (Å²) in [5.41, 5.74) is 6.81. The van der Waals surface area contributed by atoms with E-state index in [0.717, 1.165) is 36.6 Å². The summed E-state index contributed by atoms with van der Waals surface area (Å²) in [6.07, 6.45) is 5.75. The van der Waals surface area contributed by atoms with Gasteiger partial charge in [-0.2, -0.15) is 0 Å². The van der Waals surface area contributed by atoms with Gasteiger partial charge in [0.05, 0.1) is 5.54 Å². The standard InChI is InChI=1S/C16H23BrN2O/c1-12(10-13-6-5-7-14(17)11-13)19-15(20)16(18)8-3-2-4-9-16/h5-7,11-12H,2-4,8-10,18H2,1H3,(H,19,20). The van der Waals surface area contributed by atoms with Crippen LogP contribution in [0.2, 0.25) is 0 Å². The van der Waals surface area contributed by atoms with Crippen LogP contribution in [0.25, 0.3) is 0 Å². The third-order valence-electron chi connectivity index (χ3n) is 4.01. The van der Waals surface area contributed by atoms with Crippen molar-refractivity contribution in [3.8, 4) is 0 Å². The lowest BCUT2D eigenvalue weighted by Gasteiger charge is -2.33. The van der Waals surface area contributed by atoms with Crippen LogP contribution in [0, 0.1) is 0 Å². The minimum Gasteiger partial charge on any atom is -0.352 e. The largest absolute Gasteiger partial charge is 0.352 e. The number of hydrogen-bond acceptors (Lipinski definition) is 2. The molecule has 1 unspecified atom stereocenters. The van der Waals surface area contributed by atoms with Crippen LogP contribution in [0.3, 0.4) is 0 Å². The van der Waals surface area contributed by atoms with Gasteiger partial charge in [0.1, 0.15) is 0 Å². The van der Waals surface area contributed by atoms with Crippen LogP contribution in [-0.4, -0.2) is 17.5 Å². The average Bonchev–Trinajstić information content (AvgIpc) is 2.39. The third-order valence-corrected chi connectivity index (χ3v) is 4.50. The van der Waals surface area contributed by atoms with E-state index in [1.165, 1.54) is 12.0 Å². The van der Waals surface area contributed by atoms with Gasteiger partial charge in [-0.15, -0.1) is 0 Å². The van der Waals surface area contributed by atoms with Gasteiger partial charge in [-0.05, 0) is 43.9 Å². The summed E-state index contributed by atoms with van der Waals surface area (Å²) in [6, 6.07) is 8.27. The molecule has 1 aliphatic carbocycles. The van der Waals surface area contributed by atoms with Crippen molar-refractivity contribution in [2.75, 3.05) is 0 Å². The zero-order chi connectivity index (χ0) is 14.6. The molecule has 1 amide bonds. The van der Waals surface area contributed by atoms with E-state index in [1.807, 2.05) is 19.1 Å². The zero-order valence-electron chi connectivity index (χ0n) is 12.0. The van der Waals surface area contributed by atoms with E-state index < -0.39 is 5.54 Å². The monoisotopic (exact) mass is 338 g/mol. The first kappa shape index (κ1) is 15.5. The maximum absolute atomic E-state index is 12.3. The van der Waals surface area contributed by atoms with Crippen molar-refractivity contribution < 1.29 is 4.79 Å². The average molecular weight is 339 g/mol. The summed E-state index contributed by atoms with van der Waals surface area (Å²) in [4.78, 5) is 12.3. The molecule has 3 N–H and O–H groups in total. The predicted octanol–water partition coefficient (Wildman–Crippen LogP) is 3.16. The van der Waals surface area contributed by atoms with Crippen LogP contribution in [0.1, 0.15) is 44.6 Å². The minimum atomic E-state index is -0.649. The van der Waals surface area contributed by atoms with Gasteiger partial charge in [0, 0.05) is 10.5 Å². The van der Waals surface area contributed by atoms with E-state index in [1.54, 1.807) is 0 Å². The summed E-state index contributed by atoms with van der Waals surface area (Å²) in [6.45, 7) is 2.03. The number of hydrogen-bond donors (Lipinski definition) is 2. The topological polar surface area (TPSA) is 55.1 Å². The van der Waals surface area contributed by atoms with Crippen molar-refractivity contribution in [2.45, 2.75) is 57.0 Å². The Morgan fingerprint density at radius 2 is 2.10 bits per heavy atom. The Morgan fingerprint density at radius 1 is 1.40 bits per heavy atom. The lowest BCUT2D eigenvalue weighted by atomic mass is 9.81. The van der Waals surface area contributed by atoms with Gasteiger partial charge in [-0.25, -0.2) is 0 Å². The van der Waals surface area contributed by atoms with Gasteiger partial charge < -0.3 is 11.1 Å². The van der Waals surface area contributed by atoms with Crippen molar-refractivity contribution in [3.63, 3.8) is 0 Å². The molecule has 0 spiro atoms. The molecule has 0 heterocycles. The second kappa shape index (κ2) is 6.72.